The van der Waals surface area contributed by atoms with E-state index in [2.05, 4.69) is 15.3 Å². The van der Waals surface area contributed by atoms with Gasteiger partial charge in [0.05, 0.1) is 35.0 Å². The van der Waals surface area contributed by atoms with Crippen molar-refractivity contribution in [1.82, 2.24) is 14.9 Å². The maximum atomic E-state index is 14.4. The van der Waals surface area contributed by atoms with Gasteiger partial charge in [0.1, 0.15) is 11.6 Å². The molecule has 0 spiro atoms. The minimum Gasteiger partial charge on any atom is -0.465 e. The number of hydrogen-bond donors (Lipinski definition) is 1. The Balaban J connectivity index is 1.40. The number of nitrogens with one attached hydrogen (secondary N) is 1. The normalized spacial score (nSPS) is 14.4. The zero-order valence-electron chi connectivity index (χ0n) is 20.0. The van der Waals surface area contributed by atoms with Gasteiger partial charge in [-0.25, -0.2) is 14.4 Å². The summed E-state index contributed by atoms with van der Waals surface area (Å²) in [4.78, 5) is 36.7. The lowest BCUT2D eigenvalue weighted by Crippen LogP contribution is -2.48. The summed E-state index contributed by atoms with van der Waals surface area (Å²) in [7, 11) is 0. The molecule has 4 rings (SSSR count). The van der Waals surface area contributed by atoms with E-state index in [-0.39, 0.29) is 39.5 Å². The van der Waals surface area contributed by atoms with Gasteiger partial charge in [-0.15, -0.1) is 11.3 Å². The molecule has 1 aromatic carbocycles. The second-order valence-electron chi connectivity index (χ2n) is 8.25. The van der Waals surface area contributed by atoms with Crippen LogP contribution in [0.4, 0.5) is 28.5 Å². The van der Waals surface area contributed by atoms with Crippen molar-refractivity contribution in [2.24, 2.45) is 0 Å². The number of piperazine rings is 1. The standard InChI is InChI=1S/C24H22ClF4N5O3S/c1-2-37-19(35)12-33-6-8-34(9-7-33)21-17(25)10-14(11-30-21)22(36)32-23-31-18(13-38-23)15-4-3-5-16(20(15)26)24(27,28)29/h3-5,10-11,13H,2,6-9,12H2,1H3,(H,31,32,36). The first-order valence-electron chi connectivity index (χ1n) is 11.5. The van der Waals surface area contributed by atoms with E-state index in [1.807, 2.05) is 9.80 Å². The Bertz CT molecular complexity index is 1330. The number of aromatic nitrogens is 2. The molecule has 2 aromatic heterocycles. The Morgan fingerprint density at radius 2 is 1.95 bits per heavy atom. The molecule has 14 heteroatoms. The van der Waals surface area contributed by atoms with Crippen LogP contribution in [-0.2, 0) is 15.7 Å². The topological polar surface area (TPSA) is 87.7 Å². The van der Waals surface area contributed by atoms with Crippen LogP contribution >= 0.6 is 22.9 Å². The summed E-state index contributed by atoms with van der Waals surface area (Å²) in [6.07, 6.45) is -3.50. The minimum atomic E-state index is -4.85. The van der Waals surface area contributed by atoms with E-state index >= 15 is 0 Å². The quantitative estimate of drug-likeness (QED) is 0.317. The Hall–Kier alpha value is -3.29. The Labute approximate surface area is 224 Å². The second-order valence-corrected chi connectivity index (χ2v) is 9.52. The molecule has 0 radical (unpaired) electrons. The van der Waals surface area contributed by atoms with Gasteiger partial charge < -0.3 is 9.64 Å². The molecule has 0 aliphatic carbocycles. The number of hydrogen-bond acceptors (Lipinski definition) is 8. The van der Waals surface area contributed by atoms with Crippen LogP contribution in [0.5, 0.6) is 0 Å². The molecule has 8 nitrogen and oxygen atoms in total. The fourth-order valence-electron chi connectivity index (χ4n) is 3.87. The zero-order valence-corrected chi connectivity index (χ0v) is 21.6. The molecule has 1 saturated heterocycles. The summed E-state index contributed by atoms with van der Waals surface area (Å²) in [6.45, 7) is 4.66. The highest BCUT2D eigenvalue weighted by atomic mass is 35.5. The number of alkyl halides is 3. The van der Waals surface area contributed by atoms with E-state index in [4.69, 9.17) is 16.3 Å². The van der Waals surface area contributed by atoms with E-state index in [9.17, 15) is 27.2 Å². The molecule has 0 atom stereocenters. The maximum Gasteiger partial charge on any atom is 0.419 e. The first kappa shape index (κ1) is 27.7. The first-order valence-corrected chi connectivity index (χ1v) is 12.7. The number of pyridine rings is 1. The molecule has 1 fully saturated rings. The highest BCUT2D eigenvalue weighted by Crippen LogP contribution is 2.36. The second kappa shape index (κ2) is 11.6. The molecule has 0 unspecified atom stereocenters. The molecule has 3 aromatic rings. The number of carbonyl (C=O) groups excluding carboxylic acids is 2. The van der Waals surface area contributed by atoms with Gasteiger partial charge in [0.2, 0.25) is 0 Å². The van der Waals surface area contributed by atoms with Crippen molar-refractivity contribution in [3.05, 3.63) is 57.8 Å². The maximum absolute atomic E-state index is 14.4. The van der Waals surface area contributed by atoms with E-state index in [1.54, 1.807) is 6.92 Å². The predicted molar refractivity (Wildman–Crippen MR) is 135 cm³/mol. The minimum absolute atomic E-state index is 0.0393. The highest BCUT2D eigenvalue weighted by molar-refractivity contribution is 7.14. The Morgan fingerprint density at radius 1 is 1.21 bits per heavy atom. The Kier molecular flexibility index (Phi) is 8.48. The average Bonchev–Trinajstić information content (AvgIpc) is 3.32. The average molecular weight is 572 g/mol. The van der Waals surface area contributed by atoms with Crippen molar-refractivity contribution >= 4 is 45.8 Å². The van der Waals surface area contributed by atoms with Crippen molar-refractivity contribution < 1.29 is 31.9 Å². The van der Waals surface area contributed by atoms with E-state index in [0.29, 0.717) is 44.7 Å². The molecule has 1 N–H and O–H groups in total. The summed E-state index contributed by atoms with van der Waals surface area (Å²) in [6, 6.07) is 4.38. The number of amides is 1. The highest BCUT2D eigenvalue weighted by Gasteiger charge is 2.35. The largest absolute Gasteiger partial charge is 0.465 e. The number of anilines is 2. The van der Waals surface area contributed by atoms with Gasteiger partial charge in [-0.1, -0.05) is 17.7 Å². The van der Waals surface area contributed by atoms with Crippen molar-refractivity contribution in [3.8, 4) is 11.3 Å². The molecule has 1 aliphatic rings. The van der Waals surface area contributed by atoms with Crippen molar-refractivity contribution in [1.29, 1.82) is 0 Å². The van der Waals surface area contributed by atoms with Crippen LogP contribution in [0.15, 0.2) is 35.8 Å². The molecular formula is C24H22ClF4N5O3S. The number of halogens is 5. The van der Waals surface area contributed by atoms with Crippen LogP contribution < -0.4 is 10.2 Å². The Morgan fingerprint density at radius 3 is 2.61 bits per heavy atom. The monoisotopic (exact) mass is 571 g/mol. The molecule has 1 aliphatic heterocycles. The van der Waals surface area contributed by atoms with Gasteiger partial charge in [0.25, 0.3) is 5.91 Å². The fourth-order valence-corrected chi connectivity index (χ4v) is 4.86. The van der Waals surface area contributed by atoms with Crippen LogP contribution in [0.2, 0.25) is 5.02 Å². The smallest absolute Gasteiger partial charge is 0.419 e. The third-order valence-electron chi connectivity index (χ3n) is 5.72. The third-order valence-corrected chi connectivity index (χ3v) is 6.75. The summed E-state index contributed by atoms with van der Waals surface area (Å²) in [5.74, 6) is -1.80. The van der Waals surface area contributed by atoms with Gasteiger partial charge in [-0.05, 0) is 25.1 Å². The summed E-state index contributed by atoms with van der Waals surface area (Å²) in [5.41, 5.74) is -1.62. The van der Waals surface area contributed by atoms with Crippen LogP contribution in [-0.4, -0.2) is 66.1 Å². The molecule has 38 heavy (non-hydrogen) atoms. The number of thiazole rings is 1. The lowest BCUT2D eigenvalue weighted by Gasteiger charge is -2.35. The van der Waals surface area contributed by atoms with Crippen LogP contribution in [0.1, 0.15) is 22.8 Å². The van der Waals surface area contributed by atoms with E-state index < -0.39 is 23.5 Å². The number of carbonyl (C=O) groups is 2. The summed E-state index contributed by atoms with van der Waals surface area (Å²) < 4.78 is 58.5. The lowest BCUT2D eigenvalue weighted by molar-refractivity contribution is -0.144. The van der Waals surface area contributed by atoms with Crippen LogP contribution in [0.3, 0.4) is 0 Å². The van der Waals surface area contributed by atoms with Crippen molar-refractivity contribution in [3.63, 3.8) is 0 Å². The van der Waals surface area contributed by atoms with Crippen molar-refractivity contribution in [2.75, 3.05) is 49.5 Å². The van der Waals surface area contributed by atoms with Gasteiger partial charge >= 0.3 is 12.1 Å². The number of rotatable bonds is 7. The fraction of sp³-hybridized carbons (Fsp3) is 0.333. The molecule has 202 valence electrons. The third kappa shape index (κ3) is 6.40. The van der Waals surface area contributed by atoms with Crippen molar-refractivity contribution in [2.45, 2.75) is 13.1 Å². The number of benzene rings is 1. The van der Waals surface area contributed by atoms with E-state index in [0.717, 1.165) is 17.4 Å². The molecule has 0 bridgehead atoms. The zero-order chi connectivity index (χ0) is 27.4. The number of esters is 1. The SMILES string of the molecule is CCOC(=O)CN1CCN(c2ncc(C(=O)Nc3nc(-c4cccc(C(F)(F)F)c4F)cs3)cc2Cl)CC1. The van der Waals surface area contributed by atoms with Gasteiger partial charge in [-0.3, -0.25) is 19.8 Å². The first-order chi connectivity index (χ1) is 18.1. The predicted octanol–water partition coefficient (Wildman–Crippen LogP) is 4.95. The summed E-state index contributed by atoms with van der Waals surface area (Å²) >= 11 is 7.34. The molecule has 1 amide bonds. The van der Waals surface area contributed by atoms with Crippen LogP contribution in [0.25, 0.3) is 11.3 Å². The number of ether oxygens (including phenoxy) is 1. The van der Waals surface area contributed by atoms with Gasteiger partial charge in [-0.2, -0.15) is 13.2 Å². The molecular weight excluding hydrogens is 550 g/mol. The number of nitrogens with zero attached hydrogens (tertiary/aromatic N) is 4. The van der Waals surface area contributed by atoms with Crippen LogP contribution in [0, 0.1) is 5.82 Å². The molecule has 0 saturated carbocycles. The van der Waals surface area contributed by atoms with Gasteiger partial charge in [0, 0.05) is 43.3 Å². The van der Waals surface area contributed by atoms with Gasteiger partial charge in [0.15, 0.2) is 5.13 Å². The summed E-state index contributed by atoms with van der Waals surface area (Å²) in [5, 5.41) is 4.21. The lowest BCUT2D eigenvalue weighted by atomic mass is 10.1. The molecule has 3 heterocycles. The van der Waals surface area contributed by atoms with E-state index in [1.165, 1.54) is 23.7 Å².